The highest BCUT2D eigenvalue weighted by Gasteiger charge is 2.36. The summed E-state index contributed by atoms with van der Waals surface area (Å²) in [5.41, 5.74) is 3.79. The van der Waals surface area contributed by atoms with Crippen molar-refractivity contribution in [2.75, 3.05) is 19.6 Å². The number of hydrogen-bond acceptors (Lipinski definition) is 5. The number of nitrogens with zero attached hydrogens (tertiary/aromatic N) is 3. The van der Waals surface area contributed by atoms with Crippen molar-refractivity contribution in [3.8, 4) is 0 Å². The van der Waals surface area contributed by atoms with E-state index in [-0.39, 0.29) is 23.6 Å². The van der Waals surface area contributed by atoms with Crippen LogP contribution in [-0.2, 0) is 6.42 Å². The van der Waals surface area contributed by atoms with Crippen molar-refractivity contribution in [2.45, 2.75) is 25.2 Å². The molecule has 1 fully saturated rings. The highest BCUT2D eigenvalue weighted by atomic mass is 16.3. The zero-order valence-corrected chi connectivity index (χ0v) is 19.7. The summed E-state index contributed by atoms with van der Waals surface area (Å²) in [7, 11) is 0. The summed E-state index contributed by atoms with van der Waals surface area (Å²) in [6, 6.07) is 22.3. The quantitative estimate of drug-likeness (QED) is 0.388. The van der Waals surface area contributed by atoms with E-state index in [2.05, 4.69) is 4.98 Å². The molecule has 36 heavy (non-hydrogen) atoms. The first-order chi connectivity index (χ1) is 17.6. The predicted octanol–water partition coefficient (Wildman–Crippen LogP) is 4.69. The van der Waals surface area contributed by atoms with Crippen molar-refractivity contribution in [1.29, 1.82) is 0 Å². The van der Waals surface area contributed by atoms with Crippen LogP contribution in [0.1, 0.15) is 61.3 Å². The number of piperidine rings is 1. The summed E-state index contributed by atoms with van der Waals surface area (Å²) in [5, 5.41) is 0. The molecule has 180 valence electrons. The van der Waals surface area contributed by atoms with Gasteiger partial charge in [-0.25, -0.2) is 4.98 Å². The number of carbonyl (C=O) groups excluding carboxylic acids is 3. The lowest BCUT2D eigenvalue weighted by Gasteiger charge is -2.30. The second-order valence-electron chi connectivity index (χ2n) is 9.34. The number of aromatic nitrogens is 1. The Morgan fingerprint density at radius 3 is 2.39 bits per heavy atom. The van der Waals surface area contributed by atoms with Gasteiger partial charge < -0.3 is 9.32 Å². The fraction of sp³-hybridized carbons (Fsp3) is 0.241. The molecule has 3 heterocycles. The number of rotatable bonds is 5. The average Bonchev–Trinajstić information content (AvgIpc) is 3.46. The summed E-state index contributed by atoms with van der Waals surface area (Å²) in [6.07, 6.45) is 2.11. The van der Waals surface area contributed by atoms with Crippen molar-refractivity contribution in [2.24, 2.45) is 0 Å². The maximum absolute atomic E-state index is 13.2. The van der Waals surface area contributed by atoms with Gasteiger partial charge in [-0.05, 0) is 55.2 Å². The third-order valence-corrected chi connectivity index (χ3v) is 7.13. The van der Waals surface area contributed by atoms with Crippen molar-refractivity contribution in [3.05, 3.63) is 101 Å². The number of carbonyl (C=O) groups is 3. The molecular formula is C29H25N3O4. The second-order valence-corrected chi connectivity index (χ2v) is 9.34. The van der Waals surface area contributed by atoms with Gasteiger partial charge in [-0.3, -0.25) is 19.3 Å². The Kier molecular flexibility index (Phi) is 5.60. The molecule has 1 saturated heterocycles. The topological polar surface area (TPSA) is 83.7 Å². The Morgan fingerprint density at radius 2 is 1.61 bits per heavy atom. The van der Waals surface area contributed by atoms with Crippen molar-refractivity contribution in [3.63, 3.8) is 0 Å². The van der Waals surface area contributed by atoms with Gasteiger partial charge in [-0.1, -0.05) is 42.5 Å². The number of para-hydroxylation sites is 2. The molecule has 0 radical (unpaired) electrons. The molecule has 0 spiro atoms. The monoisotopic (exact) mass is 479 g/mol. The molecule has 0 bridgehead atoms. The van der Waals surface area contributed by atoms with E-state index in [0.29, 0.717) is 42.7 Å². The fourth-order valence-electron chi connectivity index (χ4n) is 5.09. The van der Waals surface area contributed by atoms with Crippen LogP contribution in [-0.4, -0.2) is 52.1 Å². The normalized spacial score (nSPS) is 16.1. The zero-order valence-electron chi connectivity index (χ0n) is 19.7. The SMILES string of the molecule is O=C(c1ccc2c(c1)C(=O)N(CCc1ccccc1)C2=O)N1CCC(c2nc3ccccc3o2)CC1. The first kappa shape index (κ1) is 22.2. The number of oxazole rings is 1. The Morgan fingerprint density at radius 1 is 0.889 bits per heavy atom. The van der Waals surface area contributed by atoms with Crippen LogP contribution in [0.5, 0.6) is 0 Å². The van der Waals surface area contributed by atoms with Crippen molar-refractivity contribution < 1.29 is 18.8 Å². The van der Waals surface area contributed by atoms with E-state index in [4.69, 9.17) is 4.42 Å². The minimum absolute atomic E-state index is 0.128. The van der Waals surface area contributed by atoms with Gasteiger partial charge in [-0.15, -0.1) is 0 Å². The first-order valence-corrected chi connectivity index (χ1v) is 12.3. The minimum atomic E-state index is -0.338. The van der Waals surface area contributed by atoms with E-state index in [0.717, 1.165) is 35.4 Å². The molecular weight excluding hydrogens is 454 g/mol. The average molecular weight is 480 g/mol. The Labute approximate surface area is 208 Å². The fourth-order valence-corrected chi connectivity index (χ4v) is 5.09. The van der Waals surface area contributed by atoms with Crippen LogP contribution in [0.3, 0.4) is 0 Å². The van der Waals surface area contributed by atoms with Gasteiger partial charge in [0.1, 0.15) is 5.52 Å². The molecule has 1 aromatic heterocycles. The molecule has 0 atom stereocenters. The molecule has 0 aliphatic carbocycles. The van der Waals surface area contributed by atoms with E-state index in [1.165, 1.54) is 4.90 Å². The summed E-state index contributed by atoms with van der Waals surface area (Å²) in [4.78, 5) is 46.8. The zero-order chi connectivity index (χ0) is 24.6. The highest BCUT2D eigenvalue weighted by molar-refractivity contribution is 6.22. The maximum Gasteiger partial charge on any atom is 0.261 e. The van der Waals surface area contributed by atoms with E-state index in [1.807, 2.05) is 54.6 Å². The molecule has 2 aliphatic rings. The smallest absolute Gasteiger partial charge is 0.261 e. The molecule has 0 saturated carbocycles. The van der Waals surface area contributed by atoms with Crippen LogP contribution in [0.2, 0.25) is 0 Å². The van der Waals surface area contributed by atoms with Gasteiger partial charge in [-0.2, -0.15) is 0 Å². The van der Waals surface area contributed by atoms with Crippen LogP contribution in [0.25, 0.3) is 11.1 Å². The van der Waals surface area contributed by atoms with Gasteiger partial charge in [0, 0.05) is 31.1 Å². The number of benzene rings is 3. The van der Waals surface area contributed by atoms with Crippen LogP contribution in [0.15, 0.2) is 77.2 Å². The number of likely N-dealkylation sites (tertiary alicyclic amines) is 1. The lowest BCUT2D eigenvalue weighted by atomic mass is 9.96. The lowest BCUT2D eigenvalue weighted by molar-refractivity contribution is 0.0655. The second kappa shape index (κ2) is 9.07. The molecule has 3 aromatic carbocycles. The van der Waals surface area contributed by atoms with E-state index in [1.54, 1.807) is 23.1 Å². The van der Waals surface area contributed by atoms with Crippen LogP contribution < -0.4 is 0 Å². The summed E-state index contributed by atoms with van der Waals surface area (Å²) in [5.74, 6) is 0.121. The molecule has 2 aliphatic heterocycles. The van der Waals surface area contributed by atoms with Gasteiger partial charge in [0.25, 0.3) is 17.7 Å². The van der Waals surface area contributed by atoms with Gasteiger partial charge in [0.2, 0.25) is 0 Å². The number of imide groups is 1. The summed E-state index contributed by atoms with van der Waals surface area (Å²) < 4.78 is 5.93. The van der Waals surface area contributed by atoms with Gasteiger partial charge >= 0.3 is 0 Å². The largest absolute Gasteiger partial charge is 0.440 e. The Bertz CT molecular complexity index is 1440. The van der Waals surface area contributed by atoms with Gasteiger partial charge in [0.05, 0.1) is 11.1 Å². The molecule has 7 nitrogen and oxygen atoms in total. The van der Waals surface area contributed by atoms with E-state index < -0.39 is 0 Å². The first-order valence-electron chi connectivity index (χ1n) is 12.3. The van der Waals surface area contributed by atoms with Crippen LogP contribution in [0.4, 0.5) is 0 Å². The molecule has 6 rings (SSSR count). The number of hydrogen-bond donors (Lipinski definition) is 0. The highest BCUT2D eigenvalue weighted by Crippen LogP contribution is 2.31. The molecule has 0 unspecified atom stereocenters. The molecule has 4 aromatic rings. The van der Waals surface area contributed by atoms with Crippen LogP contribution in [0, 0.1) is 0 Å². The number of amides is 3. The number of fused-ring (bicyclic) bond motifs is 2. The summed E-state index contributed by atoms with van der Waals surface area (Å²) in [6.45, 7) is 1.47. The summed E-state index contributed by atoms with van der Waals surface area (Å²) >= 11 is 0. The minimum Gasteiger partial charge on any atom is -0.440 e. The third kappa shape index (κ3) is 3.96. The maximum atomic E-state index is 13.2. The van der Waals surface area contributed by atoms with Gasteiger partial charge in [0.15, 0.2) is 11.5 Å². The van der Waals surface area contributed by atoms with E-state index in [9.17, 15) is 14.4 Å². The van der Waals surface area contributed by atoms with Crippen molar-refractivity contribution >= 4 is 28.8 Å². The molecule has 0 N–H and O–H groups in total. The molecule has 7 heteroatoms. The van der Waals surface area contributed by atoms with Crippen LogP contribution >= 0.6 is 0 Å². The van der Waals surface area contributed by atoms with Crippen molar-refractivity contribution in [1.82, 2.24) is 14.8 Å². The lowest BCUT2D eigenvalue weighted by Crippen LogP contribution is -2.38. The third-order valence-electron chi connectivity index (χ3n) is 7.13. The Hall–Kier alpha value is -4.26. The Balaban J connectivity index is 1.12. The predicted molar refractivity (Wildman–Crippen MR) is 134 cm³/mol. The van der Waals surface area contributed by atoms with E-state index >= 15 is 0 Å². The standard InChI is InChI=1S/C29H25N3O4/c33-27(31-15-13-20(14-16-31)26-30-24-8-4-5-9-25(24)36-26)21-10-11-22-23(18-21)29(35)32(28(22)34)17-12-19-6-2-1-3-7-19/h1-11,18,20H,12-17H2. The molecule has 3 amide bonds.